The molecule has 4 rings (SSSR count). The van der Waals surface area contributed by atoms with Crippen LogP contribution in [-0.4, -0.2) is 20.7 Å². The number of aromatic nitrogens is 3. The predicted molar refractivity (Wildman–Crippen MR) is 104 cm³/mol. The van der Waals surface area contributed by atoms with E-state index in [2.05, 4.69) is 31.3 Å². The molecular formula is C18H13BrN4O2S. The average molecular weight is 429 g/mol. The second kappa shape index (κ2) is 6.89. The first-order valence-corrected chi connectivity index (χ1v) is 9.41. The van der Waals surface area contributed by atoms with E-state index in [1.54, 1.807) is 17.0 Å². The number of carbonyl (C=O) groups is 1. The molecule has 3 aromatic heterocycles. The van der Waals surface area contributed by atoms with Gasteiger partial charge >= 0.3 is 0 Å². The Morgan fingerprint density at radius 2 is 2.12 bits per heavy atom. The van der Waals surface area contributed by atoms with Crippen LogP contribution in [0.5, 0.6) is 0 Å². The Hall–Kier alpha value is -2.71. The average Bonchev–Trinajstić information content (AvgIpc) is 3.35. The van der Waals surface area contributed by atoms with E-state index in [-0.39, 0.29) is 5.91 Å². The van der Waals surface area contributed by atoms with E-state index in [1.165, 1.54) is 11.3 Å². The quantitative estimate of drug-likeness (QED) is 0.500. The molecule has 0 aliphatic rings. The normalized spacial score (nSPS) is 10.8. The number of hydrogen-bond acceptors (Lipinski definition) is 5. The zero-order valence-electron chi connectivity index (χ0n) is 13.6. The smallest absolute Gasteiger partial charge is 0.257 e. The lowest BCUT2D eigenvalue weighted by atomic mass is 10.2. The third-order valence-electron chi connectivity index (χ3n) is 3.64. The Kier molecular flexibility index (Phi) is 4.44. The standard InChI is InChI=1S/C18H13BrN4O2S/c1-11-9-16(21-17(24)12-5-2-3-6-13(12)19)23(22-11)18-20-14(10-26-18)15-7-4-8-25-15/h2-10H,1H3,(H,21,24). The fourth-order valence-corrected chi connectivity index (χ4v) is 3.70. The van der Waals surface area contributed by atoms with Crippen molar-refractivity contribution in [2.75, 3.05) is 5.32 Å². The van der Waals surface area contributed by atoms with Crippen molar-refractivity contribution in [3.63, 3.8) is 0 Å². The summed E-state index contributed by atoms with van der Waals surface area (Å²) >= 11 is 4.82. The minimum absolute atomic E-state index is 0.221. The topological polar surface area (TPSA) is 73.0 Å². The van der Waals surface area contributed by atoms with Crippen molar-refractivity contribution < 1.29 is 9.21 Å². The lowest BCUT2D eigenvalue weighted by Gasteiger charge is -2.07. The number of anilines is 1. The van der Waals surface area contributed by atoms with Gasteiger partial charge in [-0.05, 0) is 47.1 Å². The largest absolute Gasteiger partial charge is 0.463 e. The number of aryl methyl sites for hydroxylation is 1. The first-order chi connectivity index (χ1) is 12.6. The summed E-state index contributed by atoms with van der Waals surface area (Å²) in [4.78, 5) is 17.2. The number of nitrogens with zero attached hydrogens (tertiary/aromatic N) is 3. The molecule has 0 atom stereocenters. The predicted octanol–water partition coefficient (Wildman–Crippen LogP) is 4.91. The highest BCUT2D eigenvalue weighted by molar-refractivity contribution is 9.10. The molecule has 1 N–H and O–H groups in total. The summed E-state index contributed by atoms with van der Waals surface area (Å²) in [6.45, 7) is 1.87. The summed E-state index contributed by atoms with van der Waals surface area (Å²) < 4.78 is 7.74. The zero-order valence-corrected chi connectivity index (χ0v) is 16.0. The van der Waals surface area contributed by atoms with Gasteiger partial charge in [-0.15, -0.1) is 11.3 Å². The number of hydrogen-bond donors (Lipinski definition) is 1. The number of thiazole rings is 1. The van der Waals surface area contributed by atoms with Crippen LogP contribution in [0.15, 0.2) is 63.0 Å². The molecule has 1 aromatic carbocycles. The molecule has 0 aliphatic carbocycles. The zero-order chi connectivity index (χ0) is 18.1. The van der Waals surface area contributed by atoms with Crippen molar-refractivity contribution >= 4 is 39.0 Å². The molecule has 3 heterocycles. The minimum Gasteiger partial charge on any atom is -0.463 e. The molecule has 26 heavy (non-hydrogen) atoms. The highest BCUT2D eigenvalue weighted by atomic mass is 79.9. The Bertz CT molecular complexity index is 1070. The molecule has 8 heteroatoms. The summed E-state index contributed by atoms with van der Waals surface area (Å²) in [5.41, 5.74) is 2.06. The maximum atomic E-state index is 12.6. The third-order valence-corrected chi connectivity index (χ3v) is 5.15. The Balaban J connectivity index is 1.65. The second-order valence-corrected chi connectivity index (χ2v) is 7.20. The summed E-state index contributed by atoms with van der Waals surface area (Å²) in [5.74, 6) is 1.03. The van der Waals surface area contributed by atoms with E-state index in [9.17, 15) is 4.79 Å². The lowest BCUT2D eigenvalue weighted by Crippen LogP contribution is -2.15. The monoisotopic (exact) mass is 428 g/mol. The van der Waals surface area contributed by atoms with Crippen molar-refractivity contribution in [3.05, 3.63) is 69.8 Å². The fraction of sp³-hybridized carbons (Fsp3) is 0.0556. The molecule has 6 nitrogen and oxygen atoms in total. The number of rotatable bonds is 4. The van der Waals surface area contributed by atoms with Gasteiger partial charge < -0.3 is 9.73 Å². The molecule has 0 unspecified atom stereocenters. The van der Waals surface area contributed by atoms with Gasteiger partial charge in [-0.3, -0.25) is 4.79 Å². The van der Waals surface area contributed by atoms with Crippen molar-refractivity contribution in [1.82, 2.24) is 14.8 Å². The molecule has 0 saturated heterocycles. The Labute approximate surface area is 161 Å². The van der Waals surface area contributed by atoms with Gasteiger partial charge in [-0.1, -0.05) is 12.1 Å². The van der Waals surface area contributed by atoms with Crippen LogP contribution in [0.4, 0.5) is 5.82 Å². The number of benzene rings is 1. The number of furan rings is 1. The minimum atomic E-state index is -0.221. The Morgan fingerprint density at radius 3 is 2.88 bits per heavy atom. The van der Waals surface area contributed by atoms with Crippen LogP contribution >= 0.6 is 27.3 Å². The Morgan fingerprint density at radius 1 is 1.27 bits per heavy atom. The van der Waals surface area contributed by atoms with Gasteiger partial charge in [-0.2, -0.15) is 9.78 Å². The van der Waals surface area contributed by atoms with E-state index in [0.29, 0.717) is 22.3 Å². The molecule has 0 radical (unpaired) electrons. The van der Waals surface area contributed by atoms with Gasteiger partial charge in [0.2, 0.25) is 5.13 Å². The number of amides is 1. The molecule has 0 aliphatic heterocycles. The fourth-order valence-electron chi connectivity index (χ4n) is 2.46. The van der Waals surface area contributed by atoms with Crippen molar-refractivity contribution in [2.45, 2.75) is 6.92 Å². The van der Waals surface area contributed by atoms with E-state index < -0.39 is 0 Å². The molecule has 0 bridgehead atoms. The van der Waals surface area contributed by atoms with Gasteiger partial charge in [-0.25, -0.2) is 4.98 Å². The van der Waals surface area contributed by atoms with Gasteiger partial charge in [0.15, 0.2) is 5.76 Å². The lowest BCUT2D eigenvalue weighted by molar-refractivity contribution is 0.102. The number of carbonyl (C=O) groups excluding carboxylic acids is 1. The maximum Gasteiger partial charge on any atom is 0.257 e. The van der Waals surface area contributed by atoms with E-state index in [1.807, 2.05) is 48.7 Å². The number of nitrogens with one attached hydrogen (secondary N) is 1. The molecule has 1 amide bonds. The highest BCUT2D eigenvalue weighted by Crippen LogP contribution is 2.27. The van der Waals surface area contributed by atoms with Crippen molar-refractivity contribution in [2.24, 2.45) is 0 Å². The SMILES string of the molecule is Cc1cc(NC(=O)c2ccccc2Br)n(-c2nc(-c3ccco3)cs2)n1. The summed E-state index contributed by atoms with van der Waals surface area (Å²) in [6.07, 6.45) is 1.61. The van der Waals surface area contributed by atoms with E-state index >= 15 is 0 Å². The summed E-state index contributed by atoms with van der Waals surface area (Å²) in [7, 11) is 0. The van der Waals surface area contributed by atoms with Gasteiger partial charge in [0.05, 0.1) is 17.5 Å². The first kappa shape index (κ1) is 16.7. The van der Waals surface area contributed by atoms with Gasteiger partial charge in [0.25, 0.3) is 5.91 Å². The first-order valence-electron chi connectivity index (χ1n) is 7.74. The summed E-state index contributed by atoms with van der Waals surface area (Å²) in [5, 5.41) is 9.90. The maximum absolute atomic E-state index is 12.6. The highest BCUT2D eigenvalue weighted by Gasteiger charge is 2.17. The van der Waals surface area contributed by atoms with Crippen LogP contribution in [0, 0.1) is 6.92 Å². The molecule has 0 fully saturated rings. The van der Waals surface area contributed by atoms with E-state index in [4.69, 9.17) is 4.42 Å². The van der Waals surface area contributed by atoms with Gasteiger partial charge in [0, 0.05) is 15.9 Å². The summed E-state index contributed by atoms with van der Waals surface area (Å²) in [6, 6.07) is 12.7. The van der Waals surface area contributed by atoms with Crippen LogP contribution < -0.4 is 5.32 Å². The number of halogens is 1. The van der Waals surface area contributed by atoms with Gasteiger partial charge in [0.1, 0.15) is 11.5 Å². The van der Waals surface area contributed by atoms with Crippen LogP contribution in [0.2, 0.25) is 0 Å². The van der Waals surface area contributed by atoms with Crippen LogP contribution in [0.3, 0.4) is 0 Å². The molecular weight excluding hydrogens is 416 g/mol. The third kappa shape index (κ3) is 3.21. The van der Waals surface area contributed by atoms with Crippen molar-refractivity contribution in [3.8, 4) is 16.6 Å². The molecule has 130 valence electrons. The molecule has 0 saturated carbocycles. The molecule has 4 aromatic rings. The molecule has 0 spiro atoms. The van der Waals surface area contributed by atoms with E-state index in [0.717, 1.165) is 15.9 Å². The van der Waals surface area contributed by atoms with Crippen LogP contribution in [0.25, 0.3) is 16.6 Å². The van der Waals surface area contributed by atoms with Crippen LogP contribution in [-0.2, 0) is 0 Å². The second-order valence-electron chi connectivity index (χ2n) is 5.51. The van der Waals surface area contributed by atoms with Crippen molar-refractivity contribution in [1.29, 1.82) is 0 Å². The van der Waals surface area contributed by atoms with Crippen LogP contribution in [0.1, 0.15) is 16.1 Å².